The molecule has 0 radical (unpaired) electrons. The second-order valence-electron chi connectivity index (χ2n) is 6.44. The summed E-state index contributed by atoms with van der Waals surface area (Å²) in [5.74, 6) is -0.0792. The fourth-order valence-electron chi connectivity index (χ4n) is 3.39. The van der Waals surface area contributed by atoms with Crippen LogP contribution in [0.4, 0.5) is 5.00 Å². The Kier molecular flexibility index (Phi) is 4.24. The molecule has 3 heterocycles. The zero-order valence-electron chi connectivity index (χ0n) is 14.5. The molecule has 1 aliphatic heterocycles. The normalized spacial score (nSPS) is 13.5. The van der Waals surface area contributed by atoms with Gasteiger partial charge in [-0.25, -0.2) is 4.98 Å². The van der Waals surface area contributed by atoms with Crippen LogP contribution in [0.15, 0.2) is 54.6 Å². The van der Waals surface area contributed by atoms with Gasteiger partial charge in [0.05, 0.1) is 10.2 Å². The molecule has 4 nitrogen and oxygen atoms in total. The number of anilines is 1. The summed E-state index contributed by atoms with van der Waals surface area (Å²) < 4.78 is 1.17. The first-order valence-corrected chi connectivity index (χ1v) is 10.5. The SMILES string of the molecule is O=C(Nc1sc2c(c1-c1nc3ccccc3s1)CCNC2)c1ccccc1. The van der Waals surface area contributed by atoms with Crippen molar-refractivity contribution in [2.75, 3.05) is 11.9 Å². The summed E-state index contributed by atoms with van der Waals surface area (Å²) in [6.45, 7) is 1.80. The Morgan fingerprint density at radius 2 is 1.85 bits per heavy atom. The molecular weight excluding hydrogens is 374 g/mol. The van der Waals surface area contributed by atoms with Crippen LogP contribution in [0.2, 0.25) is 0 Å². The standard InChI is InChI=1S/C21H17N3OS2/c25-19(13-6-2-1-3-7-13)24-21-18(14-10-11-22-12-17(14)27-21)20-23-15-8-4-5-9-16(15)26-20/h1-9,22H,10-12H2,(H,24,25). The number of nitrogens with one attached hydrogen (secondary N) is 2. The monoisotopic (exact) mass is 391 g/mol. The summed E-state index contributed by atoms with van der Waals surface area (Å²) in [5, 5.41) is 8.46. The predicted octanol–water partition coefficient (Wildman–Crippen LogP) is 4.92. The molecule has 0 fully saturated rings. The predicted molar refractivity (Wildman–Crippen MR) is 113 cm³/mol. The molecule has 2 aromatic carbocycles. The highest BCUT2D eigenvalue weighted by Crippen LogP contribution is 2.44. The van der Waals surface area contributed by atoms with Crippen LogP contribution in [-0.4, -0.2) is 17.4 Å². The molecule has 2 N–H and O–H groups in total. The zero-order chi connectivity index (χ0) is 18.2. The Balaban J connectivity index is 1.61. The molecule has 0 saturated heterocycles. The lowest BCUT2D eigenvalue weighted by atomic mass is 10.0. The van der Waals surface area contributed by atoms with Crippen LogP contribution in [0.25, 0.3) is 20.8 Å². The van der Waals surface area contributed by atoms with Gasteiger partial charge in [0, 0.05) is 22.5 Å². The molecule has 0 atom stereocenters. The first-order valence-electron chi connectivity index (χ1n) is 8.87. The molecule has 2 aromatic heterocycles. The van der Waals surface area contributed by atoms with E-state index in [1.807, 2.05) is 48.5 Å². The van der Waals surface area contributed by atoms with E-state index in [0.29, 0.717) is 5.56 Å². The Bertz CT molecular complexity index is 1100. The highest BCUT2D eigenvalue weighted by molar-refractivity contribution is 7.22. The second kappa shape index (κ2) is 6.88. The number of hydrogen-bond donors (Lipinski definition) is 2. The van der Waals surface area contributed by atoms with Crippen molar-refractivity contribution in [2.24, 2.45) is 0 Å². The van der Waals surface area contributed by atoms with Crippen molar-refractivity contribution in [3.05, 3.63) is 70.6 Å². The van der Waals surface area contributed by atoms with Gasteiger partial charge in [-0.2, -0.15) is 0 Å². The number of amides is 1. The number of para-hydroxylation sites is 1. The van der Waals surface area contributed by atoms with E-state index in [4.69, 9.17) is 4.98 Å². The van der Waals surface area contributed by atoms with E-state index in [0.717, 1.165) is 40.6 Å². The van der Waals surface area contributed by atoms with Crippen LogP contribution >= 0.6 is 22.7 Å². The van der Waals surface area contributed by atoms with Crippen LogP contribution in [-0.2, 0) is 13.0 Å². The molecule has 6 heteroatoms. The molecule has 5 rings (SSSR count). The molecule has 1 aliphatic rings. The number of carbonyl (C=O) groups is 1. The number of aromatic nitrogens is 1. The average Bonchev–Trinajstić information content (AvgIpc) is 3.29. The molecule has 0 saturated carbocycles. The van der Waals surface area contributed by atoms with Gasteiger partial charge < -0.3 is 10.6 Å². The maximum absolute atomic E-state index is 12.7. The van der Waals surface area contributed by atoms with E-state index in [2.05, 4.69) is 16.7 Å². The number of fused-ring (bicyclic) bond motifs is 2. The molecule has 1 amide bonds. The van der Waals surface area contributed by atoms with Gasteiger partial charge in [-0.15, -0.1) is 22.7 Å². The number of rotatable bonds is 3. The maximum Gasteiger partial charge on any atom is 0.256 e. The van der Waals surface area contributed by atoms with Gasteiger partial charge >= 0.3 is 0 Å². The summed E-state index contributed by atoms with van der Waals surface area (Å²) in [7, 11) is 0. The van der Waals surface area contributed by atoms with Gasteiger partial charge in [0.2, 0.25) is 0 Å². The minimum absolute atomic E-state index is 0.0792. The quantitative estimate of drug-likeness (QED) is 0.521. The van der Waals surface area contributed by atoms with E-state index in [1.165, 1.54) is 15.1 Å². The van der Waals surface area contributed by atoms with Gasteiger partial charge in [-0.05, 0) is 42.8 Å². The number of thiazole rings is 1. The van der Waals surface area contributed by atoms with E-state index in [1.54, 1.807) is 22.7 Å². The van der Waals surface area contributed by atoms with Crippen molar-refractivity contribution in [1.82, 2.24) is 10.3 Å². The van der Waals surface area contributed by atoms with Crippen LogP contribution in [0, 0.1) is 0 Å². The summed E-state index contributed by atoms with van der Waals surface area (Å²) in [6, 6.07) is 17.5. The highest BCUT2D eigenvalue weighted by Gasteiger charge is 2.25. The fraction of sp³-hybridized carbons (Fsp3) is 0.143. The van der Waals surface area contributed by atoms with E-state index >= 15 is 0 Å². The van der Waals surface area contributed by atoms with Crippen molar-refractivity contribution in [2.45, 2.75) is 13.0 Å². The van der Waals surface area contributed by atoms with Crippen LogP contribution in [0.5, 0.6) is 0 Å². The molecule has 4 aromatic rings. The lowest BCUT2D eigenvalue weighted by Crippen LogP contribution is -2.22. The number of carbonyl (C=O) groups excluding carboxylic acids is 1. The van der Waals surface area contributed by atoms with Crippen molar-refractivity contribution in [3.63, 3.8) is 0 Å². The Morgan fingerprint density at radius 1 is 1.04 bits per heavy atom. The lowest BCUT2D eigenvalue weighted by molar-refractivity contribution is 0.102. The van der Waals surface area contributed by atoms with E-state index in [9.17, 15) is 4.79 Å². The summed E-state index contributed by atoms with van der Waals surface area (Å²) in [5.41, 5.74) is 4.09. The van der Waals surface area contributed by atoms with E-state index in [-0.39, 0.29) is 5.91 Å². The van der Waals surface area contributed by atoms with Crippen molar-refractivity contribution < 1.29 is 4.79 Å². The van der Waals surface area contributed by atoms with Crippen molar-refractivity contribution in [3.8, 4) is 10.6 Å². The number of nitrogens with zero attached hydrogens (tertiary/aromatic N) is 1. The highest BCUT2D eigenvalue weighted by atomic mass is 32.1. The largest absolute Gasteiger partial charge is 0.313 e. The molecule has 0 spiro atoms. The Hall–Kier alpha value is -2.54. The molecule has 0 aliphatic carbocycles. The average molecular weight is 392 g/mol. The summed E-state index contributed by atoms with van der Waals surface area (Å²) in [6.07, 6.45) is 0.957. The smallest absolute Gasteiger partial charge is 0.256 e. The van der Waals surface area contributed by atoms with Gasteiger partial charge in [0.25, 0.3) is 5.91 Å². The van der Waals surface area contributed by atoms with Gasteiger partial charge in [0.15, 0.2) is 0 Å². The minimum Gasteiger partial charge on any atom is -0.313 e. The van der Waals surface area contributed by atoms with E-state index < -0.39 is 0 Å². The number of benzene rings is 2. The van der Waals surface area contributed by atoms with Gasteiger partial charge in [-0.1, -0.05) is 30.3 Å². The lowest BCUT2D eigenvalue weighted by Gasteiger charge is -2.13. The minimum atomic E-state index is -0.0792. The Labute approximate surface area is 164 Å². The van der Waals surface area contributed by atoms with Crippen LogP contribution in [0.3, 0.4) is 0 Å². The fourth-order valence-corrected chi connectivity index (χ4v) is 5.72. The Morgan fingerprint density at radius 3 is 2.70 bits per heavy atom. The number of hydrogen-bond acceptors (Lipinski definition) is 5. The summed E-state index contributed by atoms with van der Waals surface area (Å²) >= 11 is 3.35. The topological polar surface area (TPSA) is 54.0 Å². The number of thiophene rings is 1. The first-order chi connectivity index (χ1) is 13.3. The van der Waals surface area contributed by atoms with Crippen LogP contribution in [0.1, 0.15) is 20.8 Å². The van der Waals surface area contributed by atoms with Gasteiger partial charge in [-0.3, -0.25) is 4.79 Å². The third-order valence-corrected chi connectivity index (χ3v) is 6.90. The molecule has 134 valence electrons. The third kappa shape index (κ3) is 3.06. The van der Waals surface area contributed by atoms with Crippen LogP contribution < -0.4 is 10.6 Å². The molecule has 27 heavy (non-hydrogen) atoms. The molecule has 0 unspecified atom stereocenters. The summed E-state index contributed by atoms with van der Waals surface area (Å²) in [4.78, 5) is 18.9. The molecular formula is C21H17N3OS2. The maximum atomic E-state index is 12.7. The van der Waals surface area contributed by atoms with Gasteiger partial charge in [0.1, 0.15) is 10.0 Å². The second-order valence-corrected chi connectivity index (χ2v) is 8.58. The van der Waals surface area contributed by atoms with Crippen molar-refractivity contribution in [1.29, 1.82) is 0 Å². The first kappa shape index (κ1) is 16.6. The molecule has 0 bridgehead atoms. The van der Waals surface area contributed by atoms with Crippen molar-refractivity contribution >= 4 is 43.8 Å². The third-order valence-electron chi connectivity index (χ3n) is 4.70. The zero-order valence-corrected chi connectivity index (χ0v) is 16.1.